The van der Waals surface area contributed by atoms with E-state index in [4.69, 9.17) is 9.47 Å². The molecular weight excluding hydrogens is 461 g/mol. The highest BCUT2D eigenvalue weighted by Gasteiger charge is 2.54. The molecule has 1 saturated heterocycles. The summed E-state index contributed by atoms with van der Waals surface area (Å²) in [5.74, 6) is 0.323. The van der Waals surface area contributed by atoms with Crippen molar-refractivity contribution < 1.29 is 23.5 Å². The Morgan fingerprint density at radius 3 is 2.86 bits per heavy atom. The average Bonchev–Trinajstić information content (AvgIpc) is 3.15. The number of pyridine rings is 2. The van der Waals surface area contributed by atoms with Crippen LogP contribution in [0, 0.1) is 35.5 Å². The molecule has 190 valence electrons. The van der Waals surface area contributed by atoms with Gasteiger partial charge in [0.2, 0.25) is 5.95 Å². The Morgan fingerprint density at radius 1 is 1.25 bits per heavy atom. The van der Waals surface area contributed by atoms with Gasteiger partial charge in [-0.3, -0.25) is 9.78 Å². The number of aromatic nitrogens is 2. The van der Waals surface area contributed by atoms with Crippen LogP contribution < -0.4 is 5.32 Å². The van der Waals surface area contributed by atoms with Crippen molar-refractivity contribution in [1.29, 1.82) is 0 Å². The first-order valence-electron chi connectivity index (χ1n) is 12.8. The number of ether oxygens (including phenoxy) is 2. The molecule has 3 heterocycles. The fourth-order valence-corrected chi connectivity index (χ4v) is 6.52. The molecule has 2 aromatic rings. The molecule has 0 spiro atoms. The van der Waals surface area contributed by atoms with Gasteiger partial charge in [-0.1, -0.05) is 12.1 Å². The number of cyclic esters (lactones) is 1. The van der Waals surface area contributed by atoms with E-state index in [1.165, 1.54) is 6.07 Å². The highest BCUT2D eigenvalue weighted by Crippen LogP contribution is 2.53. The molecule has 5 rings (SSSR count). The minimum atomic E-state index is -0.521. The molecule has 0 aromatic carbocycles. The molecule has 3 fully saturated rings. The Kier molecular flexibility index (Phi) is 7.03. The third-order valence-corrected chi connectivity index (χ3v) is 8.03. The normalized spacial score (nSPS) is 31.4. The van der Waals surface area contributed by atoms with E-state index in [0.717, 1.165) is 36.9 Å². The van der Waals surface area contributed by atoms with Crippen LogP contribution in [0.3, 0.4) is 0 Å². The van der Waals surface area contributed by atoms with E-state index in [9.17, 15) is 14.0 Å². The van der Waals surface area contributed by atoms with Crippen LogP contribution in [0.25, 0.3) is 17.3 Å². The summed E-state index contributed by atoms with van der Waals surface area (Å²) < 4.78 is 24.2. The van der Waals surface area contributed by atoms with Crippen LogP contribution in [0.1, 0.15) is 45.2 Å². The van der Waals surface area contributed by atoms with Crippen molar-refractivity contribution in [2.75, 3.05) is 6.61 Å². The standard InChI is InChI=1S/C28H32FN3O4/c1-3-35-28(34)31-20-10-11-21-18(13-20)14-23-26(16(2)36-27(23)33)22(21)12-9-19-8-7-17(15-30-19)24-5-4-6-25(29)32-24/h4-9,12,15-16,18,20-23,26H,3,10-11,13-14H2,1-2H3,(H,31,34)/b12-9+/t16-,18+,20-,21-,22+,23-,26+/m1/s1. The largest absolute Gasteiger partial charge is 0.462 e. The molecule has 0 bridgehead atoms. The maximum Gasteiger partial charge on any atom is 0.407 e. The molecule has 7 atom stereocenters. The van der Waals surface area contributed by atoms with Gasteiger partial charge in [0.15, 0.2) is 0 Å². The summed E-state index contributed by atoms with van der Waals surface area (Å²) in [5, 5.41) is 2.99. The maximum atomic E-state index is 13.5. The highest BCUT2D eigenvalue weighted by atomic mass is 19.1. The van der Waals surface area contributed by atoms with E-state index in [0.29, 0.717) is 24.1 Å². The van der Waals surface area contributed by atoms with Crippen molar-refractivity contribution in [3.8, 4) is 11.3 Å². The fraction of sp³-hybridized carbons (Fsp3) is 0.500. The number of carbonyl (C=O) groups is 2. The summed E-state index contributed by atoms with van der Waals surface area (Å²) in [6, 6.07) is 8.55. The van der Waals surface area contributed by atoms with Crippen LogP contribution in [-0.2, 0) is 14.3 Å². The number of hydrogen-bond donors (Lipinski definition) is 1. The molecule has 3 aliphatic rings. The number of nitrogens with one attached hydrogen (secondary N) is 1. The van der Waals surface area contributed by atoms with E-state index in [1.807, 2.05) is 25.1 Å². The van der Waals surface area contributed by atoms with Gasteiger partial charge in [-0.15, -0.1) is 0 Å². The van der Waals surface area contributed by atoms with Crippen LogP contribution in [0.4, 0.5) is 9.18 Å². The SMILES string of the molecule is CCOC(=O)N[C@@H]1CC[C@@H]2[C@@H](C1)C[C@H]1C(=O)O[C@H](C)[C@H]1[C@H]2/C=C/c1ccc(-c2cccc(F)n2)cn1. The molecule has 1 amide bonds. The molecule has 36 heavy (non-hydrogen) atoms. The van der Waals surface area contributed by atoms with E-state index >= 15 is 0 Å². The maximum absolute atomic E-state index is 13.5. The van der Waals surface area contributed by atoms with Gasteiger partial charge < -0.3 is 14.8 Å². The van der Waals surface area contributed by atoms with Gasteiger partial charge in [-0.05, 0) is 87.6 Å². The van der Waals surface area contributed by atoms with Gasteiger partial charge in [0, 0.05) is 23.7 Å². The molecule has 0 radical (unpaired) electrons. The second kappa shape index (κ2) is 10.4. The Bertz CT molecular complexity index is 1140. The molecular formula is C28H32FN3O4. The van der Waals surface area contributed by atoms with Crippen LogP contribution in [0.5, 0.6) is 0 Å². The van der Waals surface area contributed by atoms with Crippen molar-refractivity contribution in [3.05, 3.63) is 54.2 Å². The zero-order chi connectivity index (χ0) is 25.2. The van der Waals surface area contributed by atoms with E-state index in [-0.39, 0.29) is 42.0 Å². The Balaban J connectivity index is 1.34. The quantitative estimate of drug-likeness (QED) is 0.464. The summed E-state index contributed by atoms with van der Waals surface area (Å²) in [7, 11) is 0. The van der Waals surface area contributed by atoms with Gasteiger partial charge in [0.05, 0.1) is 23.9 Å². The topological polar surface area (TPSA) is 90.4 Å². The predicted molar refractivity (Wildman–Crippen MR) is 132 cm³/mol. The number of rotatable bonds is 5. The van der Waals surface area contributed by atoms with Crippen LogP contribution >= 0.6 is 0 Å². The summed E-state index contributed by atoms with van der Waals surface area (Å²) in [6.45, 7) is 4.14. The summed E-state index contributed by atoms with van der Waals surface area (Å²) >= 11 is 0. The lowest BCUT2D eigenvalue weighted by Gasteiger charge is -2.47. The van der Waals surface area contributed by atoms with Gasteiger partial charge in [0.25, 0.3) is 0 Å². The fourth-order valence-electron chi connectivity index (χ4n) is 6.52. The van der Waals surface area contributed by atoms with Crippen molar-refractivity contribution >= 4 is 18.1 Å². The van der Waals surface area contributed by atoms with Crippen molar-refractivity contribution in [1.82, 2.24) is 15.3 Å². The minimum absolute atomic E-state index is 0.0620. The van der Waals surface area contributed by atoms with Gasteiger partial charge in [0.1, 0.15) is 6.10 Å². The zero-order valence-corrected chi connectivity index (χ0v) is 20.6. The number of esters is 1. The van der Waals surface area contributed by atoms with Crippen molar-refractivity contribution in [2.45, 2.75) is 51.7 Å². The lowest BCUT2D eigenvalue weighted by atomic mass is 9.57. The number of amides is 1. The van der Waals surface area contributed by atoms with E-state index in [1.54, 1.807) is 25.3 Å². The molecule has 1 N–H and O–H groups in total. The number of nitrogens with zero attached hydrogens (tertiary/aromatic N) is 2. The Labute approximate surface area is 210 Å². The first-order chi connectivity index (χ1) is 17.4. The monoisotopic (exact) mass is 493 g/mol. The number of fused-ring (bicyclic) bond motifs is 2. The minimum Gasteiger partial charge on any atom is -0.462 e. The number of halogens is 1. The molecule has 2 aromatic heterocycles. The van der Waals surface area contributed by atoms with Gasteiger partial charge in [-0.25, -0.2) is 9.78 Å². The first kappa shape index (κ1) is 24.4. The third-order valence-electron chi connectivity index (χ3n) is 8.03. The van der Waals surface area contributed by atoms with Gasteiger partial charge >= 0.3 is 12.1 Å². The number of carbonyl (C=O) groups excluding carboxylic acids is 2. The highest BCUT2D eigenvalue weighted by molar-refractivity contribution is 5.75. The molecule has 1 aliphatic heterocycles. The van der Waals surface area contributed by atoms with Gasteiger partial charge in [-0.2, -0.15) is 4.39 Å². The first-order valence-corrected chi connectivity index (χ1v) is 12.8. The smallest absolute Gasteiger partial charge is 0.407 e. The Morgan fingerprint density at radius 2 is 2.11 bits per heavy atom. The summed E-state index contributed by atoms with van der Waals surface area (Å²) in [4.78, 5) is 33.1. The molecule has 7 nitrogen and oxygen atoms in total. The summed E-state index contributed by atoms with van der Waals surface area (Å²) in [6.07, 6.45) is 8.93. The number of hydrogen-bond acceptors (Lipinski definition) is 6. The predicted octanol–water partition coefficient (Wildman–Crippen LogP) is 5.02. The summed E-state index contributed by atoms with van der Waals surface area (Å²) in [5.41, 5.74) is 2.09. The second-order valence-corrected chi connectivity index (χ2v) is 10.1. The Hall–Kier alpha value is -3.29. The van der Waals surface area contributed by atoms with Crippen LogP contribution in [0.2, 0.25) is 0 Å². The molecule has 8 heteroatoms. The number of alkyl carbamates (subject to hydrolysis) is 1. The van der Waals surface area contributed by atoms with Crippen molar-refractivity contribution in [3.63, 3.8) is 0 Å². The lowest BCUT2D eigenvalue weighted by Crippen LogP contribution is -2.48. The van der Waals surface area contributed by atoms with Crippen LogP contribution in [-0.4, -0.2) is 40.8 Å². The average molecular weight is 494 g/mol. The molecule has 0 unspecified atom stereocenters. The van der Waals surface area contributed by atoms with E-state index in [2.05, 4.69) is 21.4 Å². The molecule has 2 aliphatic carbocycles. The third kappa shape index (κ3) is 4.99. The lowest BCUT2D eigenvalue weighted by molar-refractivity contribution is -0.144. The second-order valence-electron chi connectivity index (χ2n) is 10.1. The van der Waals surface area contributed by atoms with E-state index < -0.39 is 5.95 Å². The van der Waals surface area contributed by atoms with Crippen LogP contribution in [0.15, 0.2) is 42.6 Å². The molecule has 2 saturated carbocycles. The van der Waals surface area contributed by atoms with Crippen molar-refractivity contribution in [2.24, 2.45) is 29.6 Å². The number of allylic oxidation sites excluding steroid dienone is 1. The zero-order valence-electron chi connectivity index (χ0n) is 20.6.